The second-order valence-electron chi connectivity index (χ2n) is 4.37. The van der Waals surface area contributed by atoms with Gasteiger partial charge in [-0.2, -0.15) is 0 Å². The molecule has 1 heterocycles. The largest absolute Gasteiger partial charge is 0.393 e. The van der Waals surface area contributed by atoms with Gasteiger partial charge in [-0.1, -0.05) is 29.8 Å². The first kappa shape index (κ1) is 11.5. The van der Waals surface area contributed by atoms with Gasteiger partial charge >= 0.3 is 0 Å². The first-order valence-corrected chi connectivity index (χ1v) is 5.58. The van der Waals surface area contributed by atoms with Crippen LogP contribution in [0.3, 0.4) is 0 Å². The molecule has 0 fully saturated rings. The maximum atomic E-state index is 11.9. The van der Waals surface area contributed by atoms with Crippen molar-refractivity contribution in [2.45, 2.75) is 20.4 Å². The highest BCUT2D eigenvalue weighted by Crippen LogP contribution is 2.09. The molecule has 17 heavy (non-hydrogen) atoms. The fraction of sp³-hybridized carbons (Fsp3) is 0.308. The number of aromatic nitrogens is 2. The maximum Gasteiger partial charge on any atom is 0.290 e. The number of hydrogen-bond acceptors (Lipinski definition) is 2. The van der Waals surface area contributed by atoms with Crippen molar-refractivity contribution in [1.82, 2.24) is 9.36 Å². The van der Waals surface area contributed by atoms with Crippen molar-refractivity contribution in [1.29, 1.82) is 0 Å². The van der Waals surface area contributed by atoms with Crippen molar-refractivity contribution in [2.24, 2.45) is 7.05 Å². The summed E-state index contributed by atoms with van der Waals surface area (Å²) in [7, 11) is 1.85. The van der Waals surface area contributed by atoms with Crippen LogP contribution in [0.25, 0.3) is 0 Å². The summed E-state index contributed by atoms with van der Waals surface area (Å²) in [5.41, 5.74) is 9.05. The summed E-state index contributed by atoms with van der Waals surface area (Å²) >= 11 is 0. The first-order valence-electron chi connectivity index (χ1n) is 5.58. The molecule has 2 aromatic rings. The highest BCUT2D eigenvalue weighted by atomic mass is 16.1. The molecular weight excluding hydrogens is 214 g/mol. The molecule has 0 unspecified atom stereocenters. The van der Waals surface area contributed by atoms with Gasteiger partial charge in [-0.25, -0.2) is 4.68 Å². The summed E-state index contributed by atoms with van der Waals surface area (Å²) in [4.78, 5) is 11.9. The van der Waals surface area contributed by atoms with E-state index in [4.69, 9.17) is 5.73 Å². The van der Waals surface area contributed by atoms with E-state index in [2.05, 4.69) is 6.07 Å². The van der Waals surface area contributed by atoms with Crippen LogP contribution in [0.15, 0.2) is 29.1 Å². The Morgan fingerprint density at radius 2 is 2.00 bits per heavy atom. The van der Waals surface area contributed by atoms with Crippen LogP contribution in [0.5, 0.6) is 0 Å². The van der Waals surface area contributed by atoms with Crippen LogP contribution in [0.4, 0.5) is 5.69 Å². The molecule has 2 N–H and O–H groups in total. The summed E-state index contributed by atoms with van der Waals surface area (Å²) in [5.74, 6) is 0. The minimum atomic E-state index is -0.119. The molecule has 0 atom stereocenters. The van der Waals surface area contributed by atoms with E-state index in [9.17, 15) is 4.79 Å². The Morgan fingerprint density at radius 3 is 2.53 bits per heavy atom. The summed E-state index contributed by atoms with van der Waals surface area (Å²) in [6.45, 7) is 4.44. The molecule has 4 nitrogen and oxygen atoms in total. The lowest BCUT2D eigenvalue weighted by atomic mass is 10.1. The smallest absolute Gasteiger partial charge is 0.290 e. The second-order valence-corrected chi connectivity index (χ2v) is 4.37. The van der Waals surface area contributed by atoms with Crippen molar-refractivity contribution in [3.05, 3.63) is 51.4 Å². The minimum absolute atomic E-state index is 0.119. The molecule has 4 heteroatoms. The second kappa shape index (κ2) is 4.13. The van der Waals surface area contributed by atoms with Gasteiger partial charge in [0, 0.05) is 7.05 Å². The van der Waals surface area contributed by atoms with E-state index in [1.807, 2.05) is 39.1 Å². The molecule has 1 aromatic carbocycles. The predicted molar refractivity (Wildman–Crippen MR) is 69.1 cm³/mol. The Labute approximate surface area is 100 Å². The molecule has 0 spiro atoms. The SMILES string of the molecule is Cc1cccc(Cn2c(=O)c(N)c(C)n2C)c1. The normalized spacial score (nSPS) is 10.8. The zero-order valence-electron chi connectivity index (χ0n) is 10.4. The minimum Gasteiger partial charge on any atom is -0.393 e. The molecule has 1 aromatic heterocycles. The lowest BCUT2D eigenvalue weighted by Gasteiger charge is -2.08. The Balaban J connectivity index is 2.44. The van der Waals surface area contributed by atoms with Crippen molar-refractivity contribution < 1.29 is 0 Å². The van der Waals surface area contributed by atoms with E-state index in [-0.39, 0.29) is 5.56 Å². The highest BCUT2D eigenvalue weighted by Gasteiger charge is 2.11. The summed E-state index contributed by atoms with van der Waals surface area (Å²) < 4.78 is 3.46. The quantitative estimate of drug-likeness (QED) is 0.850. The van der Waals surface area contributed by atoms with Crippen molar-refractivity contribution in [3.8, 4) is 0 Å². The van der Waals surface area contributed by atoms with Crippen LogP contribution in [0.1, 0.15) is 16.8 Å². The fourth-order valence-corrected chi connectivity index (χ4v) is 1.95. The van der Waals surface area contributed by atoms with Gasteiger partial charge in [0.15, 0.2) is 0 Å². The van der Waals surface area contributed by atoms with Crippen molar-refractivity contribution >= 4 is 5.69 Å². The number of nitrogen functional groups attached to an aromatic ring is 1. The average molecular weight is 231 g/mol. The Kier molecular flexibility index (Phi) is 2.79. The molecular formula is C13H17N3O. The monoisotopic (exact) mass is 231 g/mol. The zero-order chi connectivity index (χ0) is 12.6. The van der Waals surface area contributed by atoms with Crippen LogP contribution in [-0.2, 0) is 13.6 Å². The van der Waals surface area contributed by atoms with Crippen LogP contribution in [-0.4, -0.2) is 9.36 Å². The third-order valence-corrected chi connectivity index (χ3v) is 3.12. The summed E-state index contributed by atoms with van der Waals surface area (Å²) in [5, 5.41) is 0. The number of nitrogens with zero attached hydrogens (tertiary/aromatic N) is 2. The van der Waals surface area contributed by atoms with Crippen LogP contribution >= 0.6 is 0 Å². The zero-order valence-corrected chi connectivity index (χ0v) is 10.4. The number of nitrogens with two attached hydrogens (primary N) is 1. The number of hydrogen-bond donors (Lipinski definition) is 1. The predicted octanol–water partition coefficient (Wildman–Crippen LogP) is 1.43. The van der Waals surface area contributed by atoms with Gasteiger partial charge in [-0.15, -0.1) is 0 Å². The van der Waals surface area contributed by atoms with Crippen molar-refractivity contribution in [2.75, 3.05) is 5.73 Å². The van der Waals surface area contributed by atoms with E-state index < -0.39 is 0 Å². The molecule has 0 bridgehead atoms. The Morgan fingerprint density at radius 1 is 1.29 bits per heavy atom. The van der Waals surface area contributed by atoms with Gasteiger partial charge in [-0.3, -0.25) is 9.48 Å². The van der Waals surface area contributed by atoms with Gasteiger partial charge < -0.3 is 5.73 Å². The van der Waals surface area contributed by atoms with Gasteiger partial charge in [-0.05, 0) is 19.4 Å². The van der Waals surface area contributed by atoms with Gasteiger partial charge in [0.25, 0.3) is 5.56 Å². The number of aryl methyl sites for hydroxylation is 1. The molecule has 90 valence electrons. The van der Waals surface area contributed by atoms with Crippen molar-refractivity contribution in [3.63, 3.8) is 0 Å². The summed E-state index contributed by atoms with van der Waals surface area (Å²) in [6.07, 6.45) is 0. The topological polar surface area (TPSA) is 52.9 Å². The van der Waals surface area contributed by atoms with E-state index in [1.165, 1.54) is 5.56 Å². The van der Waals surface area contributed by atoms with E-state index in [1.54, 1.807) is 9.36 Å². The van der Waals surface area contributed by atoms with E-state index >= 15 is 0 Å². The molecule has 0 amide bonds. The molecule has 0 saturated carbocycles. The standard InChI is InChI=1S/C13H17N3O/c1-9-5-4-6-11(7-9)8-16-13(17)12(14)10(2)15(16)3/h4-7H,8,14H2,1-3H3. The van der Waals surface area contributed by atoms with Crippen LogP contribution in [0.2, 0.25) is 0 Å². The molecule has 0 aliphatic heterocycles. The van der Waals surface area contributed by atoms with Crippen LogP contribution in [0, 0.1) is 13.8 Å². The molecule has 0 radical (unpaired) electrons. The highest BCUT2D eigenvalue weighted by molar-refractivity contribution is 5.40. The van der Waals surface area contributed by atoms with Gasteiger partial charge in [0.05, 0.1) is 12.2 Å². The maximum absolute atomic E-state index is 11.9. The average Bonchev–Trinajstić information content (AvgIpc) is 2.47. The third kappa shape index (κ3) is 1.98. The molecule has 0 saturated heterocycles. The fourth-order valence-electron chi connectivity index (χ4n) is 1.95. The van der Waals surface area contributed by atoms with E-state index in [0.29, 0.717) is 12.2 Å². The lowest BCUT2D eigenvalue weighted by molar-refractivity contribution is 0.525. The third-order valence-electron chi connectivity index (χ3n) is 3.12. The Bertz CT molecular complexity index is 608. The Hall–Kier alpha value is -1.97. The summed E-state index contributed by atoms with van der Waals surface area (Å²) in [6, 6.07) is 8.12. The molecule has 0 aliphatic rings. The number of rotatable bonds is 2. The lowest BCUT2D eigenvalue weighted by Crippen LogP contribution is -2.23. The first-order chi connectivity index (χ1) is 8.00. The number of anilines is 1. The molecule has 0 aliphatic carbocycles. The molecule has 2 rings (SSSR count). The van der Waals surface area contributed by atoms with Crippen LogP contribution < -0.4 is 11.3 Å². The van der Waals surface area contributed by atoms with Gasteiger partial charge in [0.2, 0.25) is 0 Å². The number of benzene rings is 1. The van der Waals surface area contributed by atoms with E-state index in [0.717, 1.165) is 11.3 Å². The van der Waals surface area contributed by atoms with Gasteiger partial charge in [0.1, 0.15) is 5.69 Å².